The summed E-state index contributed by atoms with van der Waals surface area (Å²) in [7, 11) is 1.63. The summed E-state index contributed by atoms with van der Waals surface area (Å²) in [4.78, 5) is 23.0. The van der Waals surface area contributed by atoms with E-state index >= 15 is 0 Å². The van der Waals surface area contributed by atoms with Gasteiger partial charge in [0.2, 0.25) is 5.91 Å². The van der Waals surface area contributed by atoms with Gasteiger partial charge >= 0.3 is 0 Å². The van der Waals surface area contributed by atoms with E-state index in [9.17, 15) is 4.79 Å². The molecule has 140 valence electrons. The van der Waals surface area contributed by atoms with E-state index < -0.39 is 0 Å². The van der Waals surface area contributed by atoms with E-state index in [0.717, 1.165) is 17.1 Å². The van der Waals surface area contributed by atoms with Crippen LogP contribution in [-0.2, 0) is 17.9 Å². The van der Waals surface area contributed by atoms with Crippen molar-refractivity contribution in [2.45, 2.75) is 20.0 Å². The van der Waals surface area contributed by atoms with Gasteiger partial charge in [0.25, 0.3) is 0 Å². The minimum Gasteiger partial charge on any atom is -0.497 e. The Morgan fingerprint density at radius 2 is 2.19 bits per heavy atom. The standard InChI is InChI=1S/C18H21N7O2/c1-3-25-17-15(22-23-25)16(20-11-21-17)24-9-13(10-24)18(26)19-8-12-5-4-6-14(7-12)27-2/h4-7,11,13H,3,8-10H2,1-2H3,(H,19,26). The number of fused-ring (bicyclic) bond motifs is 1. The van der Waals surface area contributed by atoms with Crippen molar-refractivity contribution in [3.05, 3.63) is 36.2 Å². The van der Waals surface area contributed by atoms with Crippen molar-refractivity contribution in [2.24, 2.45) is 5.92 Å². The maximum absolute atomic E-state index is 12.4. The van der Waals surface area contributed by atoms with Gasteiger partial charge in [-0.05, 0) is 24.6 Å². The Balaban J connectivity index is 1.36. The van der Waals surface area contributed by atoms with Crippen LogP contribution in [0.1, 0.15) is 12.5 Å². The second-order valence-electron chi connectivity index (χ2n) is 6.45. The first-order valence-corrected chi connectivity index (χ1v) is 8.89. The monoisotopic (exact) mass is 367 g/mol. The third-order valence-electron chi connectivity index (χ3n) is 4.73. The molecule has 4 rings (SSSR count). The lowest BCUT2D eigenvalue weighted by molar-refractivity contribution is -0.125. The average molecular weight is 367 g/mol. The summed E-state index contributed by atoms with van der Waals surface area (Å²) < 4.78 is 6.94. The highest BCUT2D eigenvalue weighted by Crippen LogP contribution is 2.27. The van der Waals surface area contributed by atoms with Gasteiger partial charge in [-0.3, -0.25) is 4.79 Å². The van der Waals surface area contributed by atoms with Crippen LogP contribution in [-0.4, -0.2) is 51.1 Å². The maximum atomic E-state index is 12.4. The summed E-state index contributed by atoms with van der Waals surface area (Å²) in [5.41, 5.74) is 2.40. The molecule has 1 aliphatic heterocycles. The number of nitrogens with zero attached hydrogens (tertiary/aromatic N) is 6. The Bertz CT molecular complexity index is 965. The van der Waals surface area contributed by atoms with Crippen molar-refractivity contribution in [3.8, 4) is 5.75 Å². The number of hydrogen-bond donors (Lipinski definition) is 1. The van der Waals surface area contributed by atoms with Crippen molar-refractivity contribution >= 4 is 22.9 Å². The topological polar surface area (TPSA) is 98.1 Å². The van der Waals surface area contributed by atoms with Crippen molar-refractivity contribution in [3.63, 3.8) is 0 Å². The number of amides is 1. The summed E-state index contributed by atoms with van der Waals surface area (Å²) in [5, 5.41) is 11.3. The Morgan fingerprint density at radius 3 is 2.96 bits per heavy atom. The molecule has 1 aliphatic rings. The fourth-order valence-electron chi connectivity index (χ4n) is 3.16. The lowest BCUT2D eigenvalue weighted by atomic mass is 9.99. The van der Waals surface area contributed by atoms with Crippen molar-refractivity contribution in [1.29, 1.82) is 0 Å². The van der Waals surface area contributed by atoms with E-state index in [1.807, 2.05) is 36.1 Å². The number of hydrogen-bond acceptors (Lipinski definition) is 7. The Morgan fingerprint density at radius 1 is 1.33 bits per heavy atom. The third-order valence-corrected chi connectivity index (χ3v) is 4.73. The van der Waals surface area contributed by atoms with E-state index in [1.54, 1.807) is 11.8 Å². The molecule has 1 amide bonds. The molecule has 0 bridgehead atoms. The fourth-order valence-corrected chi connectivity index (χ4v) is 3.16. The lowest BCUT2D eigenvalue weighted by Crippen LogP contribution is -2.54. The number of ether oxygens (including phenoxy) is 1. The number of carbonyl (C=O) groups is 1. The molecule has 9 heteroatoms. The predicted octanol–water partition coefficient (Wildman–Crippen LogP) is 1.00. The van der Waals surface area contributed by atoms with Crippen LogP contribution in [0.15, 0.2) is 30.6 Å². The van der Waals surface area contributed by atoms with E-state index in [4.69, 9.17) is 4.74 Å². The molecule has 27 heavy (non-hydrogen) atoms. The SMILES string of the molecule is CCn1nnc2c(N3CC(C(=O)NCc4cccc(OC)c4)C3)ncnc21. The molecule has 0 aliphatic carbocycles. The van der Waals surface area contributed by atoms with Gasteiger partial charge in [-0.1, -0.05) is 17.3 Å². The number of methoxy groups -OCH3 is 1. The van der Waals surface area contributed by atoms with Gasteiger partial charge in [0.15, 0.2) is 17.0 Å². The molecular formula is C18H21N7O2. The number of carbonyl (C=O) groups excluding carboxylic acids is 1. The van der Waals surface area contributed by atoms with Crippen LogP contribution in [0.25, 0.3) is 11.2 Å². The quantitative estimate of drug-likeness (QED) is 0.694. The molecule has 1 aromatic carbocycles. The number of aryl methyl sites for hydroxylation is 1. The molecule has 1 N–H and O–H groups in total. The normalized spacial score (nSPS) is 14.2. The first-order chi connectivity index (χ1) is 13.2. The first kappa shape index (κ1) is 17.2. The molecule has 3 aromatic rings. The maximum Gasteiger partial charge on any atom is 0.226 e. The van der Waals surface area contributed by atoms with Crippen LogP contribution < -0.4 is 15.0 Å². The highest BCUT2D eigenvalue weighted by Gasteiger charge is 2.35. The molecule has 0 atom stereocenters. The van der Waals surface area contributed by atoms with Gasteiger partial charge in [0, 0.05) is 26.2 Å². The van der Waals surface area contributed by atoms with Gasteiger partial charge in [-0.25, -0.2) is 14.6 Å². The minimum absolute atomic E-state index is 0.0385. The average Bonchev–Trinajstić information content (AvgIpc) is 3.09. The Labute approximate surface area is 156 Å². The Hall–Kier alpha value is -3.23. The second kappa shape index (κ2) is 7.18. The van der Waals surface area contributed by atoms with Crippen molar-refractivity contribution in [2.75, 3.05) is 25.1 Å². The van der Waals surface area contributed by atoms with E-state index in [-0.39, 0.29) is 11.8 Å². The molecular weight excluding hydrogens is 346 g/mol. The molecule has 9 nitrogen and oxygen atoms in total. The fraction of sp³-hybridized carbons (Fsp3) is 0.389. The van der Waals surface area contributed by atoms with Crippen LogP contribution in [0.2, 0.25) is 0 Å². The molecule has 0 unspecified atom stereocenters. The number of aromatic nitrogens is 5. The molecule has 1 fully saturated rings. The number of anilines is 1. The van der Waals surface area contributed by atoms with Gasteiger partial charge in [0.05, 0.1) is 13.0 Å². The van der Waals surface area contributed by atoms with Crippen molar-refractivity contribution < 1.29 is 9.53 Å². The zero-order valence-corrected chi connectivity index (χ0v) is 15.3. The molecule has 0 spiro atoms. The van der Waals surface area contributed by atoms with Gasteiger partial charge < -0.3 is 15.0 Å². The predicted molar refractivity (Wildman–Crippen MR) is 99.3 cm³/mol. The largest absolute Gasteiger partial charge is 0.497 e. The van der Waals surface area contributed by atoms with E-state index in [1.165, 1.54) is 6.33 Å². The van der Waals surface area contributed by atoms with Crippen LogP contribution in [0.3, 0.4) is 0 Å². The number of benzene rings is 1. The molecule has 0 radical (unpaired) electrons. The highest BCUT2D eigenvalue weighted by molar-refractivity contribution is 5.86. The van der Waals surface area contributed by atoms with Crippen LogP contribution in [0.5, 0.6) is 5.75 Å². The van der Waals surface area contributed by atoms with E-state index in [2.05, 4.69) is 25.6 Å². The third kappa shape index (κ3) is 3.27. The van der Waals surface area contributed by atoms with Gasteiger partial charge in [0.1, 0.15) is 12.1 Å². The molecule has 0 saturated carbocycles. The second-order valence-corrected chi connectivity index (χ2v) is 6.45. The summed E-state index contributed by atoms with van der Waals surface area (Å²) >= 11 is 0. The molecule has 3 heterocycles. The minimum atomic E-state index is -0.0677. The first-order valence-electron chi connectivity index (χ1n) is 8.89. The van der Waals surface area contributed by atoms with Gasteiger partial charge in [-0.2, -0.15) is 0 Å². The highest BCUT2D eigenvalue weighted by atomic mass is 16.5. The van der Waals surface area contributed by atoms with Crippen LogP contribution in [0.4, 0.5) is 5.82 Å². The zero-order valence-electron chi connectivity index (χ0n) is 15.3. The lowest BCUT2D eigenvalue weighted by Gasteiger charge is -2.38. The van der Waals surface area contributed by atoms with Crippen molar-refractivity contribution in [1.82, 2.24) is 30.3 Å². The zero-order chi connectivity index (χ0) is 18.8. The van der Waals surface area contributed by atoms with Gasteiger partial charge in [-0.15, -0.1) is 5.10 Å². The van der Waals surface area contributed by atoms with Crippen LogP contribution >= 0.6 is 0 Å². The number of rotatable bonds is 6. The summed E-state index contributed by atoms with van der Waals surface area (Å²) in [6.07, 6.45) is 1.52. The number of nitrogens with one attached hydrogen (secondary N) is 1. The summed E-state index contributed by atoms with van der Waals surface area (Å²) in [6, 6.07) is 7.67. The summed E-state index contributed by atoms with van der Waals surface area (Å²) in [5.74, 6) is 1.49. The van der Waals surface area contributed by atoms with E-state index in [0.29, 0.717) is 37.3 Å². The Kier molecular flexibility index (Phi) is 4.57. The smallest absolute Gasteiger partial charge is 0.226 e. The molecule has 2 aromatic heterocycles. The molecule has 1 saturated heterocycles. The summed E-state index contributed by atoms with van der Waals surface area (Å²) in [6.45, 7) is 4.38. The van der Waals surface area contributed by atoms with Crippen LogP contribution in [0, 0.1) is 5.92 Å².